The van der Waals surface area contributed by atoms with Gasteiger partial charge in [-0.05, 0) is 48.8 Å². The average Bonchev–Trinajstić information content (AvgIpc) is 2.28. The van der Waals surface area contributed by atoms with Crippen LogP contribution in [0.15, 0.2) is 23.1 Å². The van der Waals surface area contributed by atoms with Gasteiger partial charge in [-0.3, -0.25) is 0 Å². The van der Waals surface area contributed by atoms with Crippen molar-refractivity contribution in [2.24, 2.45) is 5.41 Å². The van der Waals surface area contributed by atoms with Crippen LogP contribution in [0.2, 0.25) is 0 Å². The second-order valence-electron chi connectivity index (χ2n) is 5.78. The summed E-state index contributed by atoms with van der Waals surface area (Å²) < 4.78 is 5.22. The third-order valence-corrected chi connectivity index (χ3v) is 4.12. The highest BCUT2D eigenvalue weighted by Crippen LogP contribution is 2.31. The zero-order valence-corrected chi connectivity index (χ0v) is 13.2. The van der Waals surface area contributed by atoms with Crippen LogP contribution in [-0.4, -0.2) is 7.11 Å². The highest BCUT2D eigenvalue weighted by atomic mass is 32.2. The molecule has 0 aromatic heterocycles. The maximum atomic E-state index is 5.22. The van der Waals surface area contributed by atoms with Gasteiger partial charge in [0, 0.05) is 16.9 Å². The van der Waals surface area contributed by atoms with Crippen LogP contribution in [0.1, 0.15) is 51.2 Å². The van der Waals surface area contributed by atoms with Gasteiger partial charge >= 0.3 is 0 Å². The molecular weight excluding hydrogens is 240 g/mol. The van der Waals surface area contributed by atoms with E-state index in [0.29, 0.717) is 5.41 Å². The average molecular weight is 266 g/mol. The minimum Gasteiger partial charge on any atom is -0.314 e. The lowest BCUT2D eigenvalue weighted by molar-refractivity contribution is 0.304. The van der Waals surface area contributed by atoms with Crippen molar-refractivity contribution in [3.8, 4) is 0 Å². The van der Waals surface area contributed by atoms with Crippen LogP contribution >= 0.6 is 12.0 Å². The first-order chi connectivity index (χ1) is 8.48. The Morgan fingerprint density at radius 1 is 1.22 bits per heavy atom. The van der Waals surface area contributed by atoms with E-state index in [0.717, 1.165) is 6.42 Å². The maximum absolute atomic E-state index is 5.22. The fourth-order valence-corrected chi connectivity index (χ4v) is 3.00. The van der Waals surface area contributed by atoms with Crippen LogP contribution in [-0.2, 0) is 10.6 Å². The van der Waals surface area contributed by atoms with Crippen molar-refractivity contribution in [2.45, 2.75) is 58.3 Å². The second-order valence-corrected chi connectivity index (χ2v) is 6.72. The van der Waals surface area contributed by atoms with Gasteiger partial charge in [-0.2, -0.15) is 0 Å². The molecule has 1 nitrogen and oxygen atoms in total. The lowest BCUT2D eigenvalue weighted by atomic mass is 9.82. The Bertz CT molecular complexity index is 371. The molecule has 0 unspecified atom stereocenters. The highest BCUT2D eigenvalue weighted by Gasteiger charge is 2.17. The molecule has 0 spiro atoms. The third-order valence-electron chi connectivity index (χ3n) is 3.39. The topological polar surface area (TPSA) is 9.23 Å². The summed E-state index contributed by atoms with van der Waals surface area (Å²) >= 11 is 1.48. The summed E-state index contributed by atoms with van der Waals surface area (Å²) in [6.07, 6.45) is 4.94. The van der Waals surface area contributed by atoms with E-state index in [1.807, 2.05) is 0 Å². The molecule has 0 radical (unpaired) electrons. The predicted molar refractivity (Wildman–Crippen MR) is 81.1 cm³/mol. The molecule has 102 valence electrons. The maximum Gasteiger partial charge on any atom is 0.0508 e. The van der Waals surface area contributed by atoms with Gasteiger partial charge in [0.1, 0.15) is 0 Å². The summed E-state index contributed by atoms with van der Waals surface area (Å²) in [6, 6.07) is 6.66. The Morgan fingerprint density at radius 3 is 2.56 bits per heavy atom. The standard InChI is InChI=1S/C16H26OS/c1-6-10-16(3,4)11-9-14-8-7-13(2)12-15(14)18-17-5/h7-8,12H,6,9-11H2,1-5H3. The Hall–Kier alpha value is -0.470. The molecule has 0 amide bonds. The number of benzene rings is 1. The van der Waals surface area contributed by atoms with Crippen molar-refractivity contribution in [1.29, 1.82) is 0 Å². The summed E-state index contributed by atoms with van der Waals surface area (Å²) in [6.45, 7) is 9.13. The quantitative estimate of drug-likeness (QED) is 0.610. The summed E-state index contributed by atoms with van der Waals surface area (Å²) in [7, 11) is 1.73. The minimum atomic E-state index is 0.439. The van der Waals surface area contributed by atoms with E-state index in [1.165, 1.54) is 47.3 Å². The Kier molecular flexibility index (Phi) is 6.24. The molecular formula is C16H26OS. The number of hydrogen-bond acceptors (Lipinski definition) is 2. The van der Waals surface area contributed by atoms with Gasteiger partial charge in [0.05, 0.1) is 7.11 Å². The van der Waals surface area contributed by atoms with Crippen LogP contribution in [0.5, 0.6) is 0 Å². The lowest BCUT2D eigenvalue weighted by Crippen LogP contribution is -2.12. The summed E-state index contributed by atoms with van der Waals surface area (Å²) in [5.41, 5.74) is 3.15. The van der Waals surface area contributed by atoms with Gasteiger partial charge in [0.2, 0.25) is 0 Å². The predicted octanol–water partition coefficient (Wildman–Crippen LogP) is 5.41. The van der Waals surface area contributed by atoms with Crippen molar-refractivity contribution in [3.05, 3.63) is 29.3 Å². The molecule has 0 N–H and O–H groups in total. The largest absolute Gasteiger partial charge is 0.314 e. The molecule has 0 aliphatic rings. The molecule has 0 saturated carbocycles. The second kappa shape index (κ2) is 7.20. The van der Waals surface area contributed by atoms with Crippen molar-refractivity contribution in [1.82, 2.24) is 0 Å². The van der Waals surface area contributed by atoms with E-state index in [4.69, 9.17) is 4.18 Å². The van der Waals surface area contributed by atoms with E-state index in [-0.39, 0.29) is 0 Å². The van der Waals surface area contributed by atoms with Gasteiger partial charge in [0.15, 0.2) is 0 Å². The molecule has 1 rings (SSSR count). The first kappa shape index (κ1) is 15.6. The SMILES string of the molecule is CCCC(C)(C)CCc1ccc(C)cc1SOC. The zero-order chi connectivity index (χ0) is 13.6. The molecule has 0 bridgehead atoms. The fourth-order valence-electron chi connectivity index (χ4n) is 2.31. The smallest absolute Gasteiger partial charge is 0.0508 e. The van der Waals surface area contributed by atoms with E-state index in [1.54, 1.807) is 7.11 Å². The van der Waals surface area contributed by atoms with Crippen LogP contribution in [0.3, 0.4) is 0 Å². The molecule has 0 aliphatic carbocycles. The molecule has 0 heterocycles. The molecule has 0 atom stereocenters. The molecule has 0 saturated heterocycles. The number of hydrogen-bond donors (Lipinski definition) is 0. The minimum absolute atomic E-state index is 0.439. The molecule has 18 heavy (non-hydrogen) atoms. The van der Waals surface area contributed by atoms with Crippen LogP contribution < -0.4 is 0 Å². The molecule has 1 aromatic carbocycles. The Labute approximate surface area is 117 Å². The van der Waals surface area contributed by atoms with Crippen molar-refractivity contribution in [3.63, 3.8) is 0 Å². The van der Waals surface area contributed by atoms with Gasteiger partial charge < -0.3 is 4.18 Å². The summed E-state index contributed by atoms with van der Waals surface area (Å²) in [5.74, 6) is 0. The van der Waals surface area contributed by atoms with Gasteiger partial charge in [-0.1, -0.05) is 39.3 Å². The van der Waals surface area contributed by atoms with Gasteiger partial charge in [-0.25, -0.2) is 0 Å². The van der Waals surface area contributed by atoms with Crippen LogP contribution in [0.4, 0.5) is 0 Å². The van der Waals surface area contributed by atoms with Crippen molar-refractivity contribution >= 4 is 12.0 Å². The monoisotopic (exact) mass is 266 g/mol. The Balaban J connectivity index is 2.71. The van der Waals surface area contributed by atoms with E-state index < -0.39 is 0 Å². The van der Waals surface area contributed by atoms with Crippen LogP contribution in [0.25, 0.3) is 0 Å². The normalized spacial score (nSPS) is 11.8. The van der Waals surface area contributed by atoms with Gasteiger partial charge in [0.25, 0.3) is 0 Å². The number of rotatable bonds is 7. The third kappa shape index (κ3) is 5.03. The molecule has 0 aliphatic heterocycles. The fraction of sp³-hybridized carbons (Fsp3) is 0.625. The van der Waals surface area contributed by atoms with E-state index in [9.17, 15) is 0 Å². The first-order valence-electron chi connectivity index (χ1n) is 6.78. The van der Waals surface area contributed by atoms with Crippen molar-refractivity contribution < 1.29 is 4.18 Å². The molecule has 2 heteroatoms. The van der Waals surface area contributed by atoms with E-state index in [2.05, 4.69) is 45.9 Å². The first-order valence-corrected chi connectivity index (χ1v) is 7.53. The Morgan fingerprint density at radius 2 is 1.94 bits per heavy atom. The summed E-state index contributed by atoms with van der Waals surface area (Å²) in [5, 5.41) is 0. The van der Waals surface area contributed by atoms with Crippen LogP contribution in [0, 0.1) is 12.3 Å². The highest BCUT2D eigenvalue weighted by molar-refractivity contribution is 7.94. The summed E-state index contributed by atoms with van der Waals surface area (Å²) in [4.78, 5) is 1.27. The molecule has 1 aromatic rings. The van der Waals surface area contributed by atoms with Crippen molar-refractivity contribution in [2.75, 3.05) is 7.11 Å². The van der Waals surface area contributed by atoms with Gasteiger partial charge in [-0.15, -0.1) is 0 Å². The molecule has 0 fully saturated rings. The zero-order valence-electron chi connectivity index (χ0n) is 12.4. The lowest BCUT2D eigenvalue weighted by Gasteiger charge is -2.24. The van der Waals surface area contributed by atoms with E-state index >= 15 is 0 Å². The number of aryl methyl sites for hydroxylation is 2.